The van der Waals surface area contributed by atoms with Crippen LogP contribution in [-0.4, -0.2) is 0 Å². The van der Waals surface area contributed by atoms with E-state index in [-0.39, 0.29) is 0 Å². The van der Waals surface area contributed by atoms with Crippen molar-refractivity contribution in [3.05, 3.63) is 88.4 Å². The first-order valence-corrected chi connectivity index (χ1v) is 8.68. The lowest BCUT2D eigenvalue weighted by atomic mass is 10.2. The molecule has 0 N–H and O–H groups in total. The Bertz CT molecular complexity index is 944. The van der Waals surface area contributed by atoms with Crippen LogP contribution in [0.4, 0.5) is 17.3 Å². The zero-order valence-corrected chi connectivity index (χ0v) is 15.0. The van der Waals surface area contributed by atoms with Gasteiger partial charge in [-0.25, -0.2) is 0 Å². The Kier molecular flexibility index (Phi) is 4.05. The van der Waals surface area contributed by atoms with Crippen molar-refractivity contribution in [2.75, 3.05) is 4.90 Å². The molecule has 0 amide bonds. The van der Waals surface area contributed by atoms with Crippen LogP contribution in [-0.2, 0) is 0 Å². The highest BCUT2D eigenvalue weighted by molar-refractivity contribution is 9.10. The second kappa shape index (κ2) is 6.34. The summed E-state index contributed by atoms with van der Waals surface area (Å²) < 4.78 is 7.00. The van der Waals surface area contributed by atoms with Crippen LogP contribution in [0.1, 0.15) is 0 Å². The first kappa shape index (κ1) is 15.3. The van der Waals surface area contributed by atoms with E-state index in [1.54, 1.807) is 0 Å². The van der Waals surface area contributed by atoms with Gasteiger partial charge in [0.25, 0.3) is 0 Å². The summed E-state index contributed by atoms with van der Waals surface area (Å²) in [6.07, 6.45) is 0. The third-order valence-corrected chi connectivity index (χ3v) is 4.43. The fourth-order valence-electron chi connectivity index (χ4n) is 2.73. The highest BCUT2D eigenvalue weighted by atomic mass is 79.9. The largest absolute Gasteiger partial charge is 0.440 e. The predicted molar refractivity (Wildman–Crippen MR) is 104 cm³/mol. The SMILES string of the molecule is Clc1cc(Br)cc(N(c2ccccc2)c2cc3ccccc3o2)c1. The van der Waals surface area contributed by atoms with E-state index in [4.69, 9.17) is 16.0 Å². The number of fused-ring (bicyclic) bond motifs is 1. The number of rotatable bonds is 3. The summed E-state index contributed by atoms with van der Waals surface area (Å²) in [5.74, 6) is 0.747. The van der Waals surface area contributed by atoms with Crippen molar-refractivity contribution in [3.8, 4) is 0 Å². The molecule has 3 aromatic carbocycles. The number of nitrogens with zero attached hydrogens (tertiary/aromatic N) is 1. The number of para-hydroxylation sites is 2. The fraction of sp³-hybridized carbons (Fsp3) is 0. The van der Waals surface area contributed by atoms with Crippen LogP contribution in [0, 0.1) is 0 Å². The minimum absolute atomic E-state index is 0.663. The average Bonchev–Trinajstić information content (AvgIpc) is 2.98. The van der Waals surface area contributed by atoms with Gasteiger partial charge < -0.3 is 4.42 Å². The average molecular weight is 399 g/mol. The summed E-state index contributed by atoms with van der Waals surface area (Å²) >= 11 is 9.78. The first-order valence-electron chi connectivity index (χ1n) is 7.50. The molecule has 0 aliphatic carbocycles. The zero-order valence-electron chi connectivity index (χ0n) is 12.6. The second-order valence-corrected chi connectivity index (χ2v) is 6.77. The van der Waals surface area contributed by atoms with Crippen molar-refractivity contribution in [1.82, 2.24) is 0 Å². The van der Waals surface area contributed by atoms with Gasteiger partial charge in [0.2, 0.25) is 5.88 Å². The molecule has 0 aliphatic rings. The van der Waals surface area contributed by atoms with Crippen LogP contribution in [0.2, 0.25) is 5.02 Å². The van der Waals surface area contributed by atoms with Gasteiger partial charge >= 0.3 is 0 Å². The summed E-state index contributed by atoms with van der Waals surface area (Å²) in [5, 5.41) is 1.73. The lowest BCUT2D eigenvalue weighted by molar-refractivity contribution is 0.621. The Hall–Kier alpha value is -2.23. The van der Waals surface area contributed by atoms with Crippen molar-refractivity contribution in [3.63, 3.8) is 0 Å². The van der Waals surface area contributed by atoms with Gasteiger partial charge in [-0.2, -0.15) is 0 Å². The van der Waals surface area contributed by atoms with Gasteiger partial charge in [0.1, 0.15) is 5.58 Å². The number of hydrogen-bond acceptors (Lipinski definition) is 2. The Balaban J connectivity index is 1.93. The van der Waals surface area contributed by atoms with E-state index in [1.807, 2.05) is 78.9 Å². The monoisotopic (exact) mass is 397 g/mol. The maximum atomic E-state index is 6.26. The molecule has 0 aliphatic heterocycles. The maximum Gasteiger partial charge on any atom is 0.205 e. The molecule has 1 heterocycles. The molecule has 0 fully saturated rings. The van der Waals surface area contributed by atoms with Crippen molar-refractivity contribution >= 4 is 55.8 Å². The third kappa shape index (κ3) is 2.93. The third-order valence-electron chi connectivity index (χ3n) is 3.75. The molecule has 0 saturated carbocycles. The Morgan fingerprint density at radius 3 is 2.29 bits per heavy atom. The lowest BCUT2D eigenvalue weighted by Gasteiger charge is -2.22. The maximum absolute atomic E-state index is 6.26. The molecule has 0 spiro atoms. The van der Waals surface area contributed by atoms with E-state index in [0.717, 1.165) is 32.7 Å². The van der Waals surface area contributed by atoms with E-state index in [1.165, 1.54) is 0 Å². The van der Waals surface area contributed by atoms with Gasteiger partial charge in [0.05, 0.1) is 5.69 Å². The van der Waals surface area contributed by atoms with Crippen molar-refractivity contribution in [2.45, 2.75) is 0 Å². The molecular formula is C20H13BrClNO. The van der Waals surface area contributed by atoms with Gasteiger partial charge in [0.15, 0.2) is 0 Å². The van der Waals surface area contributed by atoms with E-state index in [0.29, 0.717) is 5.02 Å². The number of hydrogen-bond donors (Lipinski definition) is 0. The zero-order chi connectivity index (χ0) is 16.5. The normalized spacial score (nSPS) is 10.9. The number of halogens is 2. The smallest absolute Gasteiger partial charge is 0.205 e. The molecule has 4 rings (SSSR count). The molecule has 118 valence electrons. The molecule has 0 saturated heterocycles. The summed E-state index contributed by atoms with van der Waals surface area (Å²) in [6.45, 7) is 0. The van der Waals surface area contributed by atoms with Crippen LogP contribution in [0.25, 0.3) is 11.0 Å². The summed E-state index contributed by atoms with van der Waals surface area (Å²) in [4.78, 5) is 2.05. The van der Waals surface area contributed by atoms with E-state index in [9.17, 15) is 0 Å². The summed E-state index contributed by atoms with van der Waals surface area (Å²) in [7, 11) is 0. The predicted octanol–water partition coefficient (Wildman–Crippen LogP) is 7.32. The van der Waals surface area contributed by atoms with Crippen LogP contribution in [0.5, 0.6) is 0 Å². The first-order chi connectivity index (χ1) is 11.7. The van der Waals surface area contributed by atoms with Crippen LogP contribution in [0.3, 0.4) is 0 Å². The minimum Gasteiger partial charge on any atom is -0.440 e. The van der Waals surface area contributed by atoms with Gasteiger partial charge in [-0.05, 0) is 36.4 Å². The highest BCUT2D eigenvalue weighted by Crippen LogP contribution is 2.39. The second-order valence-electron chi connectivity index (χ2n) is 5.42. The molecule has 24 heavy (non-hydrogen) atoms. The molecule has 0 bridgehead atoms. The van der Waals surface area contributed by atoms with Crippen molar-refractivity contribution in [2.24, 2.45) is 0 Å². The van der Waals surface area contributed by atoms with Crippen LogP contribution >= 0.6 is 27.5 Å². The standard InChI is InChI=1S/C20H13BrClNO/c21-15-11-16(22)13-18(12-15)23(17-7-2-1-3-8-17)20-10-14-6-4-5-9-19(14)24-20/h1-13H. The highest BCUT2D eigenvalue weighted by Gasteiger charge is 2.17. The fourth-order valence-corrected chi connectivity index (χ4v) is 3.57. The molecule has 4 aromatic rings. The van der Waals surface area contributed by atoms with E-state index < -0.39 is 0 Å². The summed E-state index contributed by atoms with van der Waals surface area (Å²) in [5.41, 5.74) is 2.79. The quantitative estimate of drug-likeness (QED) is 0.359. The summed E-state index contributed by atoms with van der Waals surface area (Å²) in [6, 6.07) is 25.9. The Morgan fingerprint density at radius 1 is 0.792 bits per heavy atom. The lowest BCUT2D eigenvalue weighted by Crippen LogP contribution is -2.08. The van der Waals surface area contributed by atoms with E-state index in [2.05, 4.69) is 20.8 Å². The van der Waals surface area contributed by atoms with Gasteiger partial charge in [-0.15, -0.1) is 0 Å². The number of anilines is 3. The molecule has 2 nitrogen and oxygen atoms in total. The number of benzene rings is 3. The van der Waals surface area contributed by atoms with Gasteiger partial charge in [-0.3, -0.25) is 4.90 Å². The number of furan rings is 1. The Morgan fingerprint density at radius 2 is 1.54 bits per heavy atom. The van der Waals surface area contributed by atoms with Gasteiger partial charge in [0, 0.05) is 26.6 Å². The topological polar surface area (TPSA) is 16.4 Å². The molecule has 0 atom stereocenters. The minimum atomic E-state index is 0.663. The van der Waals surface area contributed by atoms with Crippen LogP contribution in [0.15, 0.2) is 87.8 Å². The molecule has 0 unspecified atom stereocenters. The van der Waals surface area contributed by atoms with Crippen LogP contribution < -0.4 is 4.90 Å². The molecular weight excluding hydrogens is 386 g/mol. The van der Waals surface area contributed by atoms with Crippen molar-refractivity contribution < 1.29 is 4.42 Å². The van der Waals surface area contributed by atoms with Gasteiger partial charge in [-0.1, -0.05) is 63.9 Å². The molecule has 4 heteroatoms. The van der Waals surface area contributed by atoms with E-state index >= 15 is 0 Å². The Labute approximate surface area is 153 Å². The molecule has 1 aromatic heterocycles. The van der Waals surface area contributed by atoms with Crippen molar-refractivity contribution in [1.29, 1.82) is 0 Å². The molecule has 0 radical (unpaired) electrons.